The van der Waals surface area contributed by atoms with Crippen LogP contribution in [0.15, 0.2) is 24.7 Å². The van der Waals surface area contributed by atoms with Gasteiger partial charge < -0.3 is 9.51 Å². The van der Waals surface area contributed by atoms with E-state index in [2.05, 4.69) is 4.98 Å². The van der Waals surface area contributed by atoms with Gasteiger partial charge in [-0.3, -0.25) is 4.79 Å². The predicted molar refractivity (Wildman–Crippen MR) is 46.9 cm³/mol. The lowest BCUT2D eigenvalue weighted by Crippen LogP contribution is -1.96. The summed E-state index contributed by atoms with van der Waals surface area (Å²) in [6.45, 7) is 1.41. The van der Waals surface area contributed by atoms with Crippen molar-refractivity contribution in [1.82, 2.24) is 9.38 Å². The molecular formula is C9H8N2O2. The molecule has 2 aromatic rings. The highest BCUT2D eigenvalue weighted by molar-refractivity contribution is 5.96. The van der Waals surface area contributed by atoms with Crippen LogP contribution in [0.25, 0.3) is 5.65 Å². The number of carbonyl (C=O) groups is 1. The van der Waals surface area contributed by atoms with Crippen LogP contribution in [0.3, 0.4) is 0 Å². The molecule has 2 heterocycles. The Morgan fingerprint density at radius 2 is 2.38 bits per heavy atom. The van der Waals surface area contributed by atoms with Crippen molar-refractivity contribution in [3.05, 3.63) is 30.2 Å². The summed E-state index contributed by atoms with van der Waals surface area (Å²) in [4.78, 5) is 15.0. The second kappa shape index (κ2) is 2.58. The second-order valence-corrected chi connectivity index (χ2v) is 2.82. The number of aromatic nitrogens is 2. The summed E-state index contributed by atoms with van der Waals surface area (Å²) in [6, 6.07) is 1.47. The SMILES string of the molecule is CC(=O)c1cn2ccnc2cc1O. The summed E-state index contributed by atoms with van der Waals surface area (Å²) < 4.78 is 1.69. The number of hydrogen-bond acceptors (Lipinski definition) is 3. The summed E-state index contributed by atoms with van der Waals surface area (Å²) in [7, 11) is 0. The lowest BCUT2D eigenvalue weighted by Gasteiger charge is -2.00. The van der Waals surface area contributed by atoms with E-state index in [9.17, 15) is 9.90 Å². The molecule has 4 nitrogen and oxygen atoms in total. The molecule has 0 atom stereocenters. The molecule has 0 amide bonds. The monoisotopic (exact) mass is 176 g/mol. The number of ketones is 1. The van der Waals surface area contributed by atoms with E-state index in [0.717, 1.165) is 0 Å². The average molecular weight is 176 g/mol. The molecule has 1 N–H and O–H groups in total. The van der Waals surface area contributed by atoms with E-state index in [1.807, 2.05) is 0 Å². The molecule has 13 heavy (non-hydrogen) atoms. The van der Waals surface area contributed by atoms with Crippen LogP contribution in [0.4, 0.5) is 0 Å². The van der Waals surface area contributed by atoms with Crippen molar-refractivity contribution < 1.29 is 9.90 Å². The number of carbonyl (C=O) groups excluding carboxylic acids is 1. The number of imidazole rings is 1. The van der Waals surface area contributed by atoms with Gasteiger partial charge in [-0.25, -0.2) is 4.98 Å². The summed E-state index contributed by atoms with van der Waals surface area (Å²) in [5, 5.41) is 9.42. The van der Waals surface area contributed by atoms with Crippen LogP contribution in [0.1, 0.15) is 17.3 Å². The summed E-state index contributed by atoms with van der Waals surface area (Å²) in [5.74, 6) is -0.181. The van der Waals surface area contributed by atoms with E-state index in [0.29, 0.717) is 11.2 Å². The largest absolute Gasteiger partial charge is 0.507 e. The van der Waals surface area contributed by atoms with Crippen LogP contribution in [0.5, 0.6) is 5.75 Å². The molecule has 2 rings (SSSR count). The number of pyridine rings is 1. The van der Waals surface area contributed by atoms with Gasteiger partial charge in [0.05, 0.1) is 5.56 Å². The van der Waals surface area contributed by atoms with Crippen LogP contribution >= 0.6 is 0 Å². The van der Waals surface area contributed by atoms with Crippen molar-refractivity contribution in [2.75, 3.05) is 0 Å². The third-order valence-electron chi connectivity index (χ3n) is 1.89. The van der Waals surface area contributed by atoms with Crippen molar-refractivity contribution in [1.29, 1.82) is 0 Å². The molecule has 0 radical (unpaired) electrons. The fourth-order valence-corrected chi connectivity index (χ4v) is 1.22. The van der Waals surface area contributed by atoms with Gasteiger partial charge in [-0.2, -0.15) is 0 Å². The molecule has 0 aliphatic carbocycles. The fourth-order valence-electron chi connectivity index (χ4n) is 1.22. The second-order valence-electron chi connectivity index (χ2n) is 2.82. The third kappa shape index (κ3) is 1.16. The predicted octanol–water partition coefficient (Wildman–Crippen LogP) is 1.24. The van der Waals surface area contributed by atoms with Crippen LogP contribution in [0.2, 0.25) is 0 Å². The molecule has 0 aromatic carbocycles. The maximum Gasteiger partial charge on any atom is 0.165 e. The Morgan fingerprint density at radius 3 is 3.08 bits per heavy atom. The first-order valence-electron chi connectivity index (χ1n) is 3.85. The van der Waals surface area contributed by atoms with Gasteiger partial charge in [-0.05, 0) is 6.92 Å². The van der Waals surface area contributed by atoms with Gasteiger partial charge in [0.1, 0.15) is 11.4 Å². The number of rotatable bonds is 1. The first-order valence-corrected chi connectivity index (χ1v) is 3.85. The minimum Gasteiger partial charge on any atom is -0.507 e. The van der Waals surface area contributed by atoms with Crippen molar-refractivity contribution in [3.8, 4) is 5.75 Å². The Labute approximate surface area is 74.5 Å². The Morgan fingerprint density at radius 1 is 1.62 bits per heavy atom. The molecule has 0 fully saturated rings. The maximum atomic E-state index is 11.0. The normalized spacial score (nSPS) is 10.5. The van der Waals surface area contributed by atoms with Crippen LogP contribution in [-0.2, 0) is 0 Å². The standard InChI is InChI=1S/C9H8N2O2/c1-6(12)7-5-11-3-2-10-9(11)4-8(7)13/h2-5,13H,1H3. The molecule has 2 aromatic heterocycles. The van der Waals surface area contributed by atoms with E-state index in [-0.39, 0.29) is 11.5 Å². The highest BCUT2D eigenvalue weighted by Crippen LogP contribution is 2.18. The van der Waals surface area contributed by atoms with Crippen molar-refractivity contribution in [2.24, 2.45) is 0 Å². The number of Topliss-reactive ketones (excluding diaryl/α,β-unsaturated/α-hetero) is 1. The summed E-state index contributed by atoms with van der Waals surface area (Å²) in [6.07, 6.45) is 4.90. The summed E-state index contributed by atoms with van der Waals surface area (Å²) in [5.41, 5.74) is 0.938. The Balaban J connectivity index is 2.76. The average Bonchev–Trinajstić information content (AvgIpc) is 2.48. The van der Waals surface area contributed by atoms with E-state index < -0.39 is 0 Å². The number of hydrogen-bond donors (Lipinski definition) is 1. The van der Waals surface area contributed by atoms with Gasteiger partial charge in [-0.15, -0.1) is 0 Å². The van der Waals surface area contributed by atoms with Crippen molar-refractivity contribution >= 4 is 11.4 Å². The quantitative estimate of drug-likeness (QED) is 0.665. The van der Waals surface area contributed by atoms with E-state index in [4.69, 9.17) is 0 Å². The molecule has 0 saturated carbocycles. The van der Waals surface area contributed by atoms with Gasteiger partial charge in [0, 0.05) is 24.7 Å². The highest BCUT2D eigenvalue weighted by atomic mass is 16.3. The lowest BCUT2D eigenvalue weighted by atomic mass is 10.2. The minimum atomic E-state index is -0.159. The number of nitrogens with zero attached hydrogens (tertiary/aromatic N) is 2. The molecular weight excluding hydrogens is 168 g/mol. The van der Waals surface area contributed by atoms with E-state index >= 15 is 0 Å². The topological polar surface area (TPSA) is 54.6 Å². The van der Waals surface area contributed by atoms with Crippen LogP contribution in [0, 0.1) is 0 Å². The Bertz CT molecular complexity index is 473. The molecule has 0 saturated heterocycles. The van der Waals surface area contributed by atoms with Crippen molar-refractivity contribution in [2.45, 2.75) is 6.92 Å². The molecule has 66 valence electrons. The van der Waals surface area contributed by atoms with Gasteiger partial charge >= 0.3 is 0 Å². The summed E-state index contributed by atoms with van der Waals surface area (Å²) >= 11 is 0. The molecule has 0 aliphatic rings. The van der Waals surface area contributed by atoms with Crippen LogP contribution < -0.4 is 0 Å². The first-order chi connectivity index (χ1) is 6.18. The molecule has 0 unspecified atom stereocenters. The smallest absolute Gasteiger partial charge is 0.165 e. The van der Waals surface area contributed by atoms with Crippen molar-refractivity contribution in [3.63, 3.8) is 0 Å². The zero-order chi connectivity index (χ0) is 9.42. The Kier molecular flexibility index (Phi) is 1.55. The molecule has 0 aliphatic heterocycles. The number of aromatic hydroxyl groups is 1. The first kappa shape index (κ1) is 7.79. The van der Waals surface area contributed by atoms with Crippen LogP contribution in [-0.4, -0.2) is 20.3 Å². The molecule has 4 heteroatoms. The van der Waals surface area contributed by atoms with E-state index in [1.165, 1.54) is 13.0 Å². The zero-order valence-electron chi connectivity index (χ0n) is 7.06. The fraction of sp³-hybridized carbons (Fsp3) is 0.111. The zero-order valence-corrected chi connectivity index (χ0v) is 7.06. The molecule has 0 spiro atoms. The van der Waals surface area contributed by atoms with Gasteiger partial charge in [-0.1, -0.05) is 0 Å². The molecule has 0 bridgehead atoms. The Hall–Kier alpha value is -1.84. The van der Waals surface area contributed by atoms with Gasteiger partial charge in [0.25, 0.3) is 0 Å². The highest BCUT2D eigenvalue weighted by Gasteiger charge is 2.07. The van der Waals surface area contributed by atoms with Gasteiger partial charge in [0.15, 0.2) is 5.78 Å². The minimum absolute atomic E-state index is 0.0220. The third-order valence-corrected chi connectivity index (χ3v) is 1.89. The number of fused-ring (bicyclic) bond motifs is 1. The maximum absolute atomic E-state index is 11.0. The van der Waals surface area contributed by atoms with E-state index in [1.54, 1.807) is 23.0 Å². The van der Waals surface area contributed by atoms with Gasteiger partial charge in [0.2, 0.25) is 0 Å². The lowest BCUT2D eigenvalue weighted by molar-refractivity contribution is 0.101.